The topological polar surface area (TPSA) is 47.6 Å². The normalized spacial score (nSPS) is 10.3. The van der Waals surface area contributed by atoms with Crippen LogP contribution in [0.4, 0.5) is 10.1 Å². The first kappa shape index (κ1) is 18.1. The molecular formula is C18H19ClFNO3. The van der Waals surface area contributed by atoms with Gasteiger partial charge in [0.15, 0.2) is 11.5 Å². The zero-order chi connectivity index (χ0) is 17.5. The van der Waals surface area contributed by atoms with Gasteiger partial charge in [0, 0.05) is 5.56 Å². The van der Waals surface area contributed by atoms with Crippen LogP contribution in [-0.4, -0.2) is 19.1 Å². The van der Waals surface area contributed by atoms with Crippen molar-refractivity contribution in [1.29, 1.82) is 0 Å². The predicted molar refractivity (Wildman–Crippen MR) is 92.8 cm³/mol. The van der Waals surface area contributed by atoms with Crippen LogP contribution in [0.2, 0.25) is 5.02 Å². The van der Waals surface area contributed by atoms with E-state index in [4.69, 9.17) is 21.1 Å². The molecule has 0 bridgehead atoms. The summed E-state index contributed by atoms with van der Waals surface area (Å²) in [6, 6.07) is 8.74. The third-order valence-electron chi connectivity index (χ3n) is 3.15. The van der Waals surface area contributed by atoms with Gasteiger partial charge in [-0.25, -0.2) is 4.39 Å². The van der Waals surface area contributed by atoms with Gasteiger partial charge in [0.25, 0.3) is 5.91 Å². The summed E-state index contributed by atoms with van der Waals surface area (Å²) in [5.74, 6) is 0.263. The molecule has 0 spiro atoms. The Hall–Kier alpha value is -2.27. The average Bonchev–Trinajstić information content (AvgIpc) is 2.56. The Labute approximate surface area is 145 Å². The summed E-state index contributed by atoms with van der Waals surface area (Å²) in [6.07, 6.45) is 0.872. The number of hydrogen-bond donors (Lipinski definition) is 1. The van der Waals surface area contributed by atoms with E-state index in [1.165, 1.54) is 12.1 Å². The largest absolute Gasteiger partial charge is 0.490 e. The lowest BCUT2D eigenvalue weighted by Crippen LogP contribution is -2.13. The van der Waals surface area contributed by atoms with Crippen molar-refractivity contribution in [3.8, 4) is 11.5 Å². The van der Waals surface area contributed by atoms with Crippen molar-refractivity contribution in [2.24, 2.45) is 0 Å². The second kappa shape index (κ2) is 8.55. The molecule has 0 fully saturated rings. The van der Waals surface area contributed by atoms with Crippen molar-refractivity contribution in [1.82, 2.24) is 0 Å². The number of amides is 1. The van der Waals surface area contributed by atoms with E-state index >= 15 is 0 Å². The van der Waals surface area contributed by atoms with Crippen molar-refractivity contribution >= 4 is 23.2 Å². The molecule has 0 atom stereocenters. The molecule has 0 saturated carbocycles. The van der Waals surface area contributed by atoms with Crippen LogP contribution in [0, 0.1) is 5.82 Å². The van der Waals surface area contributed by atoms with Gasteiger partial charge < -0.3 is 14.8 Å². The van der Waals surface area contributed by atoms with Crippen molar-refractivity contribution in [2.75, 3.05) is 18.5 Å². The molecular weight excluding hydrogens is 333 g/mol. The second-order valence-corrected chi connectivity index (χ2v) is 5.43. The van der Waals surface area contributed by atoms with Crippen LogP contribution >= 0.6 is 11.6 Å². The van der Waals surface area contributed by atoms with E-state index in [9.17, 15) is 9.18 Å². The van der Waals surface area contributed by atoms with Crippen molar-refractivity contribution in [3.05, 3.63) is 52.8 Å². The Morgan fingerprint density at radius 3 is 2.58 bits per heavy atom. The van der Waals surface area contributed by atoms with Crippen molar-refractivity contribution in [2.45, 2.75) is 20.3 Å². The molecule has 0 aromatic heterocycles. The van der Waals surface area contributed by atoms with E-state index in [0.717, 1.165) is 12.5 Å². The number of ether oxygens (including phenoxy) is 2. The van der Waals surface area contributed by atoms with E-state index in [-0.39, 0.29) is 10.9 Å². The van der Waals surface area contributed by atoms with Gasteiger partial charge in [-0.1, -0.05) is 18.5 Å². The number of rotatable bonds is 7. The van der Waals surface area contributed by atoms with E-state index in [1.807, 2.05) is 13.8 Å². The minimum Gasteiger partial charge on any atom is -0.490 e. The highest BCUT2D eigenvalue weighted by Gasteiger charge is 2.13. The predicted octanol–water partition coefficient (Wildman–Crippen LogP) is 4.92. The number of benzene rings is 2. The molecule has 4 nitrogen and oxygen atoms in total. The molecule has 0 saturated heterocycles. The lowest BCUT2D eigenvalue weighted by atomic mass is 10.1. The van der Waals surface area contributed by atoms with Crippen molar-refractivity contribution < 1.29 is 18.7 Å². The Balaban J connectivity index is 2.20. The zero-order valence-corrected chi connectivity index (χ0v) is 14.3. The first-order valence-electron chi connectivity index (χ1n) is 7.71. The Kier molecular flexibility index (Phi) is 6.44. The summed E-state index contributed by atoms with van der Waals surface area (Å²) in [5.41, 5.74) is 0.732. The minimum atomic E-state index is -0.464. The van der Waals surface area contributed by atoms with Crippen LogP contribution in [0.1, 0.15) is 30.6 Å². The van der Waals surface area contributed by atoms with Gasteiger partial charge >= 0.3 is 0 Å². The molecule has 0 heterocycles. The van der Waals surface area contributed by atoms with Gasteiger partial charge in [-0.05, 0) is 49.7 Å². The summed E-state index contributed by atoms with van der Waals surface area (Å²) in [7, 11) is 0. The molecule has 0 radical (unpaired) electrons. The molecule has 24 heavy (non-hydrogen) atoms. The Morgan fingerprint density at radius 2 is 1.92 bits per heavy atom. The number of halogens is 2. The maximum absolute atomic E-state index is 13.1. The SMILES string of the molecule is CCCOc1ccc(C(=O)Nc2ccc(F)cc2Cl)cc1OCC. The van der Waals surface area contributed by atoms with Gasteiger partial charge in [0.1, 0.15) is 5.82 Å². The summed E-state index contributed by atoms with van der Waals surface area (Å²) in [5, 5.41) is 2.79. The number of carbonyl (C=O) groups excluding carboxylic acids is 1. The number of anilines is 1. The van der Waals surface area contributed by atoms with Crippen LogP contribution in [0.25, 0.3) is 0 Å². The van der Waals surface area contributed by atoms with Crippen molar-refractivity contribution in [3.63, 3.8) is 0 Å². The average molecular weight is 352 g/mol. The number of carbonyl (C=O) groups is 1. The molecule has 0 unspecified atom stereocenters. The third kappa shape index (κ3) is 4.61. The van der Waals surface area contributed by atoms with Gasteiger partial charge in [0.05, 0.1) is 23.9 Å². The fourth-order valence-corrected chi connectivity index (χ4v) is 2.25. The lowest BCUT2D eigenvalue weighted by Gasteiger charge is -2.13. The molecule has 0 aliphatic heterocycles. The van der Waals surface area contributed by atoms with Crippen LogP contribution in [0.5, 0.6) is 11.5 Å². The summed E-state index contributed by atoms with van der Waals surface area (Å²) >= 11 is 5.93. The van der Waals surface area contributed by atoms with Gasteiger partial charge in [-0.2, -0.15) is 0 Å². The van der Waals surface area contributed by atoms with Crippen LogP contribution in [-0.2, 0) is 0 Å². The fourth-order valence-electron chi connectivity index (χ4n) is 2.03. The van der Waals surface area contributed by atoms with E-state index < -0.39 is 5.82 Å². The number of nitrogens with one attached hydrogen (secondary N) is 1. The number of hydrogen-bond acceptors (Lipinski definition) is 3. The summed E-state index contributed by atoms with van der Waals surface area (Å²) < 4.78 is 24.2. The van der Waals surface area contributed by atoms with Crippen LogP contribution in [0.3, 0.4) is 0 Å². The minimum absolute atomic E-state index is 0.135. The molecule has 1 amide bonds. The first-order chi connectivity index (χ1) is 11.5. The molecule has 2 aromatic carbocycles. The molecule has 128 valence electrons. The smallest absolute Gasteiger partial charge is 0.255 e. The zero-order valence-electron chi connectivity index (χ0n) is 13.6. The summed E-state index contributed by atoms with van der Waals surface area (Å²) in [4.78, 5) is 12.4. The molecule has 2 rings (SSSR count). The lowest BCUT2D eigenvalue weighted by molar-refractivity contribution is 0.102. The highest BCUT2D eigenvalue weighted by atomic mass is 35.5. The van der Waals surface area contributed by atoms with Gasteiger partial charge in [-0.15, -0.1) is 0 Å². The fraction of sp³-hybridized carbons (Fsp3) is 0.278. The quantitative estimate of drug-likeness (QED) is 0.770. The molecule has 6 heteroatoms. The Bertz CT molecular complexity index is 721. The highest BCUT2D eigenvalue weighted by Crippen LogP contribution is 2.29. The molecule has 0 aliphatic rings. The second-order valence-electron chi connectivity index (χ2n) is 5.02. The molecule has 2 aromatic rings. The highest BCUT2D eigenvalue weighted by molar-refractivity contribution is 6.33. The van der Waals surface area contributed by atoms with E-state index in [0.29, 0.717) is 36.0 Å². The van der Waals surface area contributed by atoms with Gasteiger partial charge in [0.2, 0.25) is 0 Å². The summed E-state index contributed by atoms with van der Waals surface area (Å²) in [6.45, 7) is 4.89. The third-order valence-corrected chi connectivity index (χ3v) is 3.46. The van der Waals surface area contributed by atoms with E-state index in [2.05, 4.69) is 5.32 Å². The van der Waals surface area contributed by atoms with E-state index in [1.54, 1.807) is 18.2 Å². The van der Waals surface area contributed by atoms with Crippen LogP contribution < -0.4 is 14.8 Å². The molecule has 0 aliphatic carbocycles. The maximum Gasteiger partial charge on any atom is 0.255 e. The molecule has 1 N–H and O–H groups in total. The Morgan fingerprint density at radius 1 is 1.12 bits per heavy atom. The standard InChI is InChI=1S/C18H19ClFNO3/c1-3-9-24-16-8-5-12(10-17(16)23-4-2)18(22)21-15-7-6-13(20)11-14(15)19/h5-8,10-11H,3-4,9H2,1-2H3,(H,21,22). The first-order valence-corrected chi connectivity index (χ1v) is 8.09. The van der Waals surface area contributed by atoms with Crippen LogP contribution in [0.15, 0.2) is 36.4 Å². The maximum atomic E-state index is 13.1. The van der Waals surface area contributed by atoms with Gasteiger partial charge in [-0.3, -0.25) is 4.79 Å². The monoisotopic (exact) mass is 351 g/mol.